The molecule has 0 atom stereocenters. The van der Waals surface area contributed by atoms with Crippen LogP contribution in [0.2, 0.25) is 10.3 Å². The second-order valence-electron chi connectivity index (χ2n) is 5.53. The Bertz CT molecular complexity index is 417. The molecule has 0 amide bonds. The van der Waals surface area contributed by atoms with Crippen molar-refractivity contribution < 1.29 is 0 Å². The molecule has 0 aromatic carbocycles. The van der Waals surface area contributed by atoms with E-state index in [2.05, 4.69) is 28.9 Å². The van der Waals surface area contributed by atoms with E-state index >= 15 is 0 Å². The maximum Gasteiger partial charge on any atom is 0.135 e. The number of likely N-dealkylation sites (tertiary alicyclic amines) is 1. The van der Waals surface area contributed by atoms with Gasteiger partial charge in [0.15, 0.2) is 0 Å². The number of hydrogen-bond acceptors (Lipinski definition) is 3. The molecule has 0 bridgehead atoms. The molecule has 1 aliphatic heterocycles. The predicted molar refractivity (Wildman–Crippen MR) is 80.8 cm³/mol. The molecule has 0 radical (unpaired) electrons. The van der Waals surface area contributed by atoms with Crippen LogP contribution in [0.4, 0.5) is 0 Å². The third kappa shape index (κ3) is 4.60. The summed E-state index contributed by atoms with van der Waals surface area (Å²) >= 11 is 11.9. The molecule has 106 valence electrons. The van der Waals surface area contributed by atoms with Crippen LogP contribution in [0, 0.1) is 5.92 Å². The van der Waals surface area contributed by atoms with Gasteiger partial charge >= 0.3 is 0 Å². The van der Waals surface area contributed by atoms with Gasteiger partial charge in [-0.2, -0.15) is 0 Å². The fourth-order valence-electron chi connectivity index (χ4n) is 2.60. The SMILES string of the molecule is CN1CCC(CN(C)Cc2ccc(Cl)nc2Cl)CC1. The molecule has 0 unspecified atom stereocenters. The Labute approximate surface area is 125 Å². The number of hydrogen-bond donors (Lipinski definition) is 0. The summed E-state index contributed by atoms with van der Waals surface area (Å²) in [5.74, 6) is 0.792. The summed E-state index contributed by atoms with van der Waals surface area (Å²) in [6, 6.07) is 3.76. The van der Waals surface area contributed by atoms with Gasteiger partial charge < -0.3 is 9.80 Å². The average molecular weight is 302 g/mol. The highest BCUT2D eigenvalue weighted by Crippen LogP contribution is 2.20. The van der Waals surface area contributed by atoms with Crippen molar-refractivity contribution >= 4 is 23.2 Å². The molecule has 1 aromatic heterocycles. The molecule has 2 heterocycles. The summed E-state index contributed by atoms with van der Waals surface area (Å²) in [6.45, 7) is 4.37. The smallest absolute Gasteiger partial charge is 0.135 e. The zero-order valence-electron chi connectivity index (χ0n) is 11.6. The summed E-state index contributed by atoms with van der Waals surface area (Å²) < 4.78 is 0. The van der Waals surface area contributed by atoms with Gasteiger partial charge in [-0.3, -0.25) is 0 Å². The zero-order valence-corrected chi connectivity index (χ0v) is 13.1. The normalized spacial score (nSPS) is 18.2. The van der Waals surface area contributed by atoms with Gasteiger partial charge in [-0.1, -0.05) is 29.3 Å². The van der Waals surface area contributed by atoms with Gasteiger partial charge in [-0.05, 0) is 52.0 Å². The second kappa shape index (κ2) is 6.89. The minimum absolute atomic E-state index is 0.451. The van der Waals surface area contributed by atoms with Crippen LogP contribution in [0.5, 0.6) is 0 Å². The first-order valence-electron chi connectivity index (χ1n) is 6.72. The van der Waals surface area contributed by atoms with E-state index in [9.17, 15) is 0 Å². The van der Waals surface area contributed by atoms with Crippen molar-refractivity contribution in [3.05, 3.63) is 28.0 Å². The van der Waals surface area contributed by atoms with Gasteiger partial charge in [0.1, 0.15) is 10.3 Å². The van der Waals surface area contributed by atoms with E-state index in [1.807, 2.05) is 6.07 Å². The summed E-state index contributed by atoms with van der Waals surface area (Å²) in [5.41, 5.74) is 1.04. The third-order valence-corrected chi connectivity index (χ3v) is 4.28. The Balaban J connectivity index is 1.85. The Morgan fingerprint density at radius 2 is 2.00 bits per heavy atom. The first kappa shape index (κ1) is 15.0. The van der Waals surface area contributed by atoms with E-state index in [1.54, 1.807) is 6.07 Å². The first-order valence-corrected chi connectivity index (χ1v) is 7.48. The van der Waals surface area contributed by atoms with Crippen molar-refractivity contribution in [1.82, 2.24) is 14.8 Å². The number of nitrogens with zero attached hydrogens (tertiary/aromatic N) is 3. The van der Waals surface area contributed by atoms with Crippen LogP contribution in [0.25, 0.3) is 0 Å². The van der Waals surface area contributed by atoms with Crippen LogP contribution in [-0.4, -0.2) is 48.5 Å². The monoisotopic (exact) mass is 301 g/mol. The van der Waals surface area contributed by atoms with Crippen molar-refractivity contribution in [1.29, 1.82) is 0 Å². The van der Waals surface area contributed by atoms with E-state index in [1.165, 1.54) is 25.9 Å². The van der Waals surface area contributed by atoms with Crippen molar-refractivity contribution in [2.45, 2.75) is 19.4 Å². The molecule has 0 N–H and O–H groups in total. The van der Waals surface area contributed by atoms with Gasteiger partial charge in [0.05, 0.1) is 0 Å². The van der Waals surface area contributed by atoms with Crippen LogP contribution in [-0.2, 0) is 6.54 Å². The van der Waals surface area contributed by atoms with Crippen molar-refractivity contribution in [2.24, 2.45) is 5.92 Å². The maximum atomic E-state index is 6.11. The van der Waals surface area contributed by atoms with E-state index in [-0.39, 0.29) is 0 Å². The van der Waals surface area contributed by atoms with E-state index in [4.69, 9.17) is 23.2 Å². The quantitative estimate of drug-likeness (QED) is 0.796. The van der Waals surface area contributed by atoms with Crippen molar-refractivity contribution in [3.63, 3.8) is 0 Å². The molecule has 0 saturated carbocycles. The van der Waals surface area contributed by atoms with Crippen LogP contribution in [0.15, 0.2) is 12.1 Å². The average Bonchev–Trinajstić information content (AvgIpc) is 2.36. The number of aromatic nitrogens is 1. The van der Waals surface area contributed by atoms with Crippen LogP contribution in [0.1, 0.15) is 18.4 Å². The Morgan fingerprint density at radius 1 is 1.32 bits per heavy atom. The summed E-state index contributed by atoms with van der Waals surface area (Å²) in [5, 5.41) is 0.967. The number of pyridine rings is 1. The second-order valence-corrected chi connectivity index (χ2v) is 6.27. The molecule has 19 heavy (non-hydrogen) atoms. The third-order valence-electron chi connectivity index (χ3n) is 3.74. The first-order chi connectivity index (χ1) is 9.04. The van der Waals surface area contributed by atoms with Crippen molar-refractivity contribution in [2.75, 3.05) is 33.7 Å². The lowest BCUT2D eigenvalue weighted by Gasteiger charge is -2.31. The van der Waals surface area contributed by atoms with Crippen molar-refractivity contribution in [3.8, 4) is 0 Å². The van der Waals surface area contributed by atoms with Crippen LogP contribution >= 0.6 is 23.2 Å². The molecular formula is C14H21Cl2N3. The molecule has 3 nitrogen and oxygen atoms in total. The minimum Gasteiger partial charge on any atom is -0.306 e. The van der Waals surface area contributed by atoms with Gasteiger partial charge in [0.25, 0.3) is 0 Å². The molecule has 0 aliphatic carbocycles. The van der Waals surface area contributed by atoms with Crippen LogP contribution < -0.4 is 0 Å². The van der Waals surface area contributed by atoms with E-state index in [0.29, 0.717) is 10.3 Å². The molecule has 1 fully saturated rings. The molecular weight excluding hydrogens is 281 g/mol. The molecule has 5 heteroatoms. The largest absolute Gasteiger partial charge is 0.306 e. The van der Waals surface area contributed by atoms with E-state index in [0.717, 1.165) is 24.6 Å². The fraction of sp³-hybridized carbons (Fsp3) is 0.643. The van der Waals surface area contributed by atoms with Gasteiger partial charge in [-0.15, -0.1) is 0 Å². The minimum atomic E-state index is 0.451. The lowest BCUT2D eigenvalue weighted by Crippen LogP contribution is -2.35. The Morgan fingerprint density at radius 3 is 2.63 bits per heavy atom. The predicted octanol–water partition coefficient (Wildman–Crippen LogP) is 3.16. The highest BCUT2D eigenvalue weighted by molar-refractivity contribution is 6.32. The molecule has 1 aromatic rings. The number of piperidine rings is 1. The summed E-state index contributed by atoms with van der Waals surface area (Å²) in [4.78, 5) is 8.81. The summed E-state index contributed by atoms with van der Waals surface area (Å²) in [7, 11) is 4.34. The molecule has 2 rings (SSSR count). The topological polar surface area (TPSA) is 19.4 Å². The Hall–Kier alpha value is -0.350. The van der Waals surface area contributed by atoms with E-state index < -0.39 is 0 Å². The molecule has 1 saturated heterocycles. The Kier molecular flexibility index (Phi) is 5.46. The highest BCUT2D eigenvalue weighted by Gasteiger charge is 2.18. The number of rotatable bonds is 4. The zero-order chi connectivity index (χ0) is 13.8. The van der Waals surface area contributed by atoms with Gasteiger partial charge in [0, 0.05) is 18.7 Å². The molecule has 0 spiro atoms. The summed E-state index contributed by atoms with van der Waals surface area (Å²) in [6.07, 6.45) is 2.57. The standard InChI is InChI=1S/C14H21Cl2N3/c1-18-7-5-11(6-8-18)9-19(2)10-12-3-4-13(15)17-14(12)16/h3-4,11H,5-10H2,1-2H3. The van der Waals surface area contributed by atoms with Gasteiger partial charge in [-0.25, -0.2) is 4.98 Å². The highest BCUT2D eigenvalue weighted by atomic mass is 35.5. The molecule has 1 aliphatic rings. The van der Waals surface area contributed by atoms with Gasteiger partial charge in [0.2, 0.25) is 0 Å². The lowest BCUT2D eigenvalue weighted by atomic mass is 9.96. The maximum absolute atomic E-state index is 6.11. The van der Waals surface area contributed by atoms with Crippen LogP contribution in [0.3, 0.4) is 0 Å². The number of halogens is 2. The lowest BCUT2D eigenvalue weighted by molar-refractivity contribution is 0.173. The fourth-order valence-corrected chi connectivity index (χ4v) is 3.00.